The summed E-state index contributed by atoms with van der Waals surface area (Å²) in [5, 5.41) is 3.13. The molecule has 6 heteroatoms. The Morgan fingerprint density at radius 1 is 1.17 bits per heavy atom. The van der Waals surface area contributed by atoms with Crippen LogP contribution in [0.15, 0.2) is 55.1 Å². The predicted octanol–water partition coefficient (Wildman–Crippen LogP) is 3.72. The second kappa shape index (κ2) is 6.83. The molecule has 0 amide bonds. The lowest BCUT2D eigenvalue weighted by atomic mass is 10.2. The first-order valence-electron chi connectivity index (χ1n) is 7.09. The summed E-state index contributed by atoms with van der Waals surface area (Å²) < 4.78 is 19.6. The summed E-state index contributed by atoms with van der Waals surface area (Å²) in [4.78, 5) is 12.1. The molecule has 1 aromatic carbocycles. The maximum atomic E-state index is 14.1. The Kier molecular flexibility index (Phi) is 4.42. The average Bonchev–Trinajstić information content (AvgIpc) is 2.56. The van der Waals surface area contributed by atoms with Gasteiger partial charge >= 0.3 is 0 Å². The molecule has 0 fully saturated rings. The number of ether oxygens (including phenoxy) is 1. The molecule has 5 nitrogen and oxygen atoms in total. The zero-order valence-electron chi connectivity index (χ0n) is 12.5. The van der Waals surface area contributed by atoms with Crippen molar-refractivity contribution < 1.29 is 9.13 Å². The fourth-order valence-corrected chi connectivity index (χ4v) is 2.02. The lowest BCUT2D eigenvalue weighted by Crippen LogP contribution is -2.02. The van der Waals surface area contributed by atoms with Gasteiger partial charge in [-0.25, -0.2) is 14.4 Å². The van der Waals surface area contributed by atoms with Crippen molar-refractivity contribution in [2.75, 3.05) is 5.32 Å². The van der Waals surface area contributed by atoms with E-state index in [1.807, 2.05) is 13.0 Å². The molecule has 0 bridgehead atoms. The van der Waals surface area contributed by atoms with Crippen LogP contribution in [0.5, 0.6) is 11.5 Å². The molecule has 2 aromatic heterocycles. The molecule has 2 heterocycles. The van der Waals surface area contributed by atoms with Crippen molar-refractivity contribution in [2.24, 2.45) is 0 Å². The molecule has 0 aliphatic heterocycles. The minimum Gasteiger partial charge on any atom is -0.453 e. The van der Waals surface area contributed by atoms with Gasteiger partial charge in [-0.05, 0) is 36.8 Å². The van der Waals surface area contributed by atoms with Gasteiger partial charge < -0.3 is 10.1 Å². The van der Waals surface area contributed by atoms with Crippen LogP contribution < -0.4 is 10.1 Å². The Hall–Kier alpha value is -3.02. The van der Waals surface area contributed by atoms with E-state index in [-0.39, 0.29) is 5.75 Å². The van der Waals surface area contributed by atoms with Crippen molar-refractivity contribution in [3.05, 3.63) is 72.2 Å². The number of anilines is 1. The number of hydrogen-bond acceptors (Lipinski definition) is 5. The van der Waals surface area contributed by atoms with Crippen LogP contribution in [0.4, 0.5) is 10.2 Å². The van der Waals surface area contributed by atoms with Gasteiger partial charge in [0.2, 0.25) is 0 Å². The fourth-order valence-electron chi connectivity index (χ4n) is 2.02. The van der Waals surface area contributed by atoms with E-state index in [0.717, 1.165) is 11.3 Å². The van der Waals surface area contributed by atoms with E-state index in [0.29, 0.717) is 18.1 Å². The molecule has 0 spiro atoms. The molecule has 116 valence electrons. The van der Waals surface area contributed by atoms with Gasteiger partial charge in [0.15, 0.2) is 11.6 Å². The van der Waals surface area contributed by atoms with Gasteiger partial charge in [0.1, 0.15) is 17.9 Å². The molecule has 0 aliphatic carbocycles. The van der Waals surface area contributed by atoms with E-state index in [1.165, 1.54) is 18.6 Å². The number of aromatic nitrogens is 3. The third-order valence-corrected chi connectivity index (χ3v) is 3.14. The van der Waals surface area contributed by atoms with Crippen LogP contribution in [-0.2, 0) is 6.54 Å². The fraction of sp³-hybridized carbons (Fsp3) is 0.118. The van der Waals surface area contributed by atoms with Gasteiger partial charge in [-0.1, -0.05) is 6.07 Å². The molecule has 0 atom stereocenters. The summed E-state index contributed by atoms with van der Waals surface area (Å²) in [6.45, 7) is 2.34. The Morgan fingerprint density at radius 2 is 2.09 bits per heavy atom. The standard InChI is InChI=1S/C17H15FN4O/c1-12-7-17(22-11-21-12)20-9-13-4-5-16(15(18)8-13)23-14-3-2-6-19-10-14/h2-8,10-11H,9H2,1H3,(H,20,21,22). The van der Waals surface area contributed by atoms with Crippen LogP contribution in [0, 0.1) is 12.7 Å². The highest BCUT2D eigenvalue weighted by atomic mass is 19.1. The van der Waals surface area contributed by atoms with Crippen LogP contribution in [0.2, 0.25) is 0 Å². The van der Waals surface area contributed by atoms with Crippen molar-refractivity contribution in [1.82, 2.24) is 15.0 Å². The topological polar surface area (TPSA) is 59.9 Å². The Bertz CT molecular complexity index is 796. The highest BCUT2D eigenvalue weighted by Crippen LogP contribution is 2.24. The van der Waals surface area contributed by atoms with Gasteiger partial charge in [-0.3, -0.25) is 4.98 Å². The predicted molar refractivity (Wildman–Crippen MR) is 84.8 cm³/mol. The van der Waals surface area contributed by atoms with Crippen molar-refractivity contribution in [3.8, 4) is 11.5 Å². The number of pyridine rings is 1. The molecule has 1 N–H and O–H groups in total. The number of rotatable bonds is 5. The molecule has 23 heavy (non-hydrogen) atoms. The van der Waals surface area contributed by atoms with Crippen LogP contribution in [-0.4, -0.2) is 15.0 Å². The lowest BCUT2D eigenvalue weighted by Gasteiger charge is -2.09. The monoisotopic (exact) mass is 310 g/mol. The van der Waals surface area contributed by atoms with Crippen LogP contribution in [0.3, 0.4) is 0 Å². The molecule has 0 radical (unpaired) electrons. The van der Waals surface area contributed by atoms with E-state index >= 15 is 0 Å². The van der Waals surface area contributed by atoms with Crippen molar-refractivity contribution >= 4 is 5.82 Å². The summed E-state index contributed by atoms with van der Waals surface area (Å²) in [6, 6.07) is 10.1. The van der Waals surface area contributed by atoms with E-state index < -0.39 is 5.82 Å². The van der Waals surface area contributed by atoms with Gasteiger partial charge in [0, 0.05) is 24.5 Å². The molecular formula is C17H15FN4O. The number of benzene rings is 1. The van der Waals surface area contributed by atoms with Crippen molar-refractivity contribution in [1.29, 1.82) is 0 Å². The molecule has 3 aromatic rings. The third kappa shape index (κ3) is 4.00. The van der Waals surface area contributed by atoms with Crippen molar-refractivity contribution in [2.45, 2.75) is 13.5 Å². The van der Waals surface area contributed by atoms with E-state index in [4.69, 9.17) is 4.74 Å². The molecule has 0 saturated carbocycles. The average molecular weight is 310 g/mol. The molecule has 0 saturated heterocycles. The molecule has 3 rings (SSSR count). The van der Waals surface area contributed by atoms with Gasteiger partial charge in [-0.2, -0.15) is 0 Å². The minimum absolute atomic E-state index is 0.166. The Balaban J connectivity index is 1.67. The van der Waals surface area contributed by atoms with E-state index in [9.17, 15) is 4.39 Å². The van der Waals surface area contributed by atoms with Gasteiger partial charge in [0.25, 0.3) is 0 Å². The number of hydrogen-bond donors (Lipinski definition) is 1. The smallest absolute Gasteiger partial charge is 0.166 e. The maximum Gasteiger partial charge on any atom is 0.166 e. The zero-order chi connectivity index (χ0) is 16.1. The van der Waals surface area contributed by atoms with Crippen LogP contribution in [0.25, 0.3) is 0 Å². The second-order valence-electron chi connectivity index (χ2n) is 4.95. The highest BCUT2D eigenvalue weighted by Gasteiger charge is 2.06. The second-order valence-corrected chi connectivity index (χ2v) is 4.95. The van der Waals surface area contributed by atoms with Crippen molar-refractivity contribution in [3.63, 3.8) is 0 Å². The number of halogens is 1. The van der Waals surface area contributed by atoms with Gasteiger partial charge in [0.05, 0.1) is 6.20 Å². The summed E-state index contributed by atoms with van der Waals surface area (Å²) in [5.74, 6) is 0.939. The lowest BCUT2D eigenvalue weighted by molar-refractivity contribution is 0.440. The Morgan fingerprint density at radius 3 is 2.83 bits per heavy atom. The number of aryl methyl sites for hydroxylation is 1. The summed E-state index contributed by atoms with van der Waals surface area (Å²) in [6.07, 6.45) is 4.66. The Labute approximate surface area is 133 Å². The number of nitrogens with zero attached hydrogens (tertiary/aromatic N) is 3. The SMILES string of the molecule is Cc1cc(NCc2ccc(Oc3cccnc3)c(F)c2)ncn1. The van der Waals surface area contributed by atoms with E-state index in [2.05, 4.69) is 20.3 Å². The quantitative estimate of drug-likeness (QED) is 0.778. The first-order valence-corrected chi connectivity index (χ1v) is 7.09. The summed E-state index contributed by atoms with van der Waals surface area (Å²) >= 11 is 0. The van der Waals surface area contributed by atoms with Crippen LogP contribution >= 0.6 is 0 Å². The number of nitrogens with one attached hydrogen (secondary N) is 1. The summed E-state index contributed by atoms with van der Waals surface area (Å²) in [7, 11) is 0. The molecule has 0 aliphatic rings. The largest absolute Gasteiger partial charge is 0.453 e. The minimum atomic E-state index is -0.424. The summed E-state index contributed by atoms with van der Waals surface area (Å²) in [5.41, 5.74) is 1.66. The molecule has 0 unspecified atom stereocenters. The van der Waals surface area contributed by atoms with E-state index in [1.54, 1.807) is 30.5 Å². The molecular weight excluding hydrogens is 295 g/mol. The van der Waals surface area contributed by atoms with Gasteiger partial charge in [-0.15, -0.1) is 0 Å². The first kappa shape index (κ1) is 14.9. The highest BCUT2D eigenvalue weighted by molar-refractivity contribution is 5.38. The maximum absolute atomic E-state index is 14.1. The zero-order valence-corrected chi connectivity index (χ0v) is 12.5. The van der Waals surface area contributed by atoms with Crippen LogP contribution in [0.1, 0.15) is 11.3 Å². The first-order chi connectivity index (χ1) is 11.2. The third-order valence-electron chi connectivity index (χ3n) is 3.14. The normalized spacial score (nSPS) is 10.3.